The van der Waals surface area contributed by atoms with Crippen LogP contribution in [-0.2, 0) is 6.42 Å². The van der Waals surface area contributed by atoms with Crippen molar-refractivity contribution in [2.24, 2.45) is 0 Å². The van der Waals surface area contributed by atoms with Crippen LogP contribution in [0.4, 0.5) is 0 Å². The zero-order valence-corrected chi connectivity index (χ0v) is 32.5. The zero-order valence-electron chi connectivity index (χ0n) is 32.5. The highest BCUT2D eigenvalue weighted by Crippen LogP contribution is 2.41. The van der Waals surface area contributed by atoms with Crippen molar-refractivity contribution in [1.29, 1.82) is 0 Å². The van der Waals surface area contributed by atoms with E-state index in [2.05, 4.69) is 164 Å². The summed E-state index contributed by atoms with van der Waals surface area (Å²) in [5.41, 5.74) is 13.4. The number of benzene rings is 8. The van der Waals surface area contributed by atoms with E-state index >= 15 is 0 Å². The first-order chi connectivity index (χ1) is 29.7. The number of hydrogen-bond acceptors (Lipinski definition) is 5. The number of hydrogen-bond donors (Lipinski definition) is 0. The van der Waals surface area contributed by atoms with E-state index in [0.29, 0.717) is 17.5 Å². The Morgan fingerprint density at radius 3 is 1.78 bits per heavy atom. The molecule has 0 atom stereocenters. The van der Waals surface area contributed by atoms with E-state index < -0.39 is 0 Å². The molecule has 0 aliphatic heterocycles. The molecule has 12 rings (SSSR count). The first-order valence-electron chi connectivity index (χ1n) is 20.4. The third-order valence-electron chi connectivity index (χ3n) is 11.8. The lowest BCUT2D eigenvalue weighted by atomic mass is 9.93. The van der Waals surface area contributed by atoms with E-state index in [1.54, 1.807) is 0 Å². The Morgan fingerprint density at radius 2 is 0.983 bits per heavy atom. The lowest BCUT2D eigenvalue weighted by molar-refractivity contribution is 0.545. The molecule has 0 N–H and O–H groups in total. The van der Waals surface area contributed by atoms with Gasteiger partial charge < -0.3 is 8.83 Å². The minimum absolute atomic E-state index is 0.624. The van der Waals surface area contributed by atoms with Crippen molar-refractivity contribution in [3.8, 4) is 56.2 Å². The minimum Gasteiger partial charge on any atom is -0.460 e. The van der Waals surface area contributed by atoms with Gasteiger partial charge in [0.1, 0.15) is 22.5 Å². The molecule has 5 heteroatoms. The summed E-state index contributed by atoms with van der Waals surface area (Å²) >= 11 is 0. The molecule has 0 spiro atoms. The normalized spacial score (nSPS) is 12.6. The molecule has 0 fully saturated rings. The standard InChI is InChI=1S/C55H35N3O2/c1-3-11-34(12-4-1)36-21-23-37(24-22-36)53-56-54(58-55(57-53)46-17-10-20-49-52(46)44-15-7-8-18-47(44)59-49)42-28-26-38-31-41(27-25-39(38)32-42)43-16-9-19-48-51(43)45-30-29-40(33-50(45)60-48)35-13-5-2-6-14-35/h1-9,11-19,21-33H,10,20H2. The summed E-state index contributed by atoms with van der Waals surface area (Å²) in [6.45, 7) is 0. The summed E-state index contributed by atoms with van der Waals surface area (Å²) in [4.78, 5) is 15.5. The van der Waals surface area contributed by atoms with Crippen molar-refractivity contribution in [3.05, 3.63) is 205 Å². The Morgan fingerprint density at radius 1 is 0.383 bits per heavy atom. The summed E-state index contributed by atoms with van der Waals surface area (Å²) in [5.74, 6) is 2.86. The third-order valence-corrected chi connectivity index (χ3v) is 11.8. The maximum absolute atomic E-state index is 6.46. The Kier molecular flexibility index (Phi) is 7.91. The van der Waals surface area contributed by atoms with Crippen LogP contribution in [0, 0.1) is 0 Å². The quantitative estimate of drug-likeness (QED) is 0.168. The summed E-state index contributed by atoms with van der Waals surface area (Å²) in [5, 5.41) is 5.53. The lowest BCUT2D eigenvalue weighted by Crippen LogP contribution is -2.06. The minimum atomic E-state index is 0.624. The molecule has 0 radical (unpaired) electrons. The van der Waals surface area contributed by atoms with Gasteiger partial charge in [-0.05, 0) is 87.0 Å². The fourth-order valence-corrected chi connectivity index (χ4v) is 8.85. The molecule has 8 aromatic carbocycles. The third kappa shape index (κ3) is 5.82. The first-order valence-corrected chi connectivity index (χ1v) is 20.4. The van der Waals surface area contributed by atoms with Gasteiger partial charge in [0, 0.05) is 44.8 Å². The molecule has 0 saturated heterocycles. The fourth-order valence-electron chi connectivity index (χ4n) is 8.85. The van der Waals surface area contributed by atoms with Crippen molar-refractivity contribution in [1.82, 2.24) is 15.0 Å². The molecule has 282 valence electrons. The van der Waals surface area contributed by atoms with Gasteiger partial charge in [-0.1, -0.05) is 152 Å². The molecule has 1 aliphatic carbocycles. The number of fused-ring (bicyclic) bond motifs is 7. The monoisotopic (exact) mass is 769 g/mol. The van der Waals surface area contributed by atoms with Crippen LogP contribution in [0.15, 0.2) is 197 Å². The molecule has 1 aliphatic rings. The number of aromatic nitrogens is 3. The van der Waals surface area contributed by atoms with Gasteiger partial charge in [0.2, 0.25) is 0 Å². The van der Waals surface area contributed by atoms with Crippen LogP contribution in [0.25, 0.3) is 105 Å². The van der Waals surface area contributed by atoms with Crippen LogP contribution in [0.5, 0.6) is 0 Å². The van der Waals surface area contributed by atoms with Crippen LogP contribution < -0.4 is 0 Å². The summed E-state index contributed by atoms with van der Waals surface area (Å²) < 4.78 is 12.8. The molecular weight excluding hydrogens is 735 g/mol. The van der Waals surface area contributed by atoms with E-state index in [4.69, 9.17) is 23.8 Å². The first kappa shape index (κ1) is 34.2. The van der Waals surface area contributed by atoms with Crippen LogP contribution >= 0.6 is 0 Å². The van der Waals surface area contributed by atoms with Gasteiger partial charge in [-0.15, -0.1) is 0 Å². The molecule has 3 aromatic heterocycles. The predicted molar refractivity (Wildman–Crippen MR) is 243 cm³/mol. The van der Waals surface area contributed by atoms with Crippen LogP contribution in [-0.4, -0.2) is 15.0 Å². The van der Waals surface area contributed by atoms with Crippen LogP contribution in [0.1, 0.15) is 23.6 Å². The van der Waals surface area contributed by atoms with Gasteiger partial charge in [0.05, 0.1) is 0 Å². The number of rotatable bonds is 6. The maximum Gasteiger partial charge on any atom is 0.164 e. The second-order valence-corrected chi connectivity index (χ2v) is 15.4. The molecule has 3 heterocycles. The Bertz CT molecular complexity index is 3470. The van der Waals surface area contributed by atoms with E-state index in [0.717, 1.165) is 107 Å². The molecule has 5 nitrogen and oxygen atoms in total. The molecule has 60 heavy (non-hydrogen) atoms. The summed E-state index contributed by atoms with van der Waals surface area (Å²) in [6, 6.07) is 63.6. The molecule has 0 bridgehead atoms. The second kappa shape index (κ2) is 13.9. The van der Waals surface area contributed by atoms with E-state index in [1.165, 1.54) is 11.1 Å². The van der Waals surface area contributed by atoms with Crippen molar-refractivity contribution < 1.29 is 8.83 Å². The Hall–Kier alpha value is -7.89. The number of furan rings is 2. The largest absolute Gasteiger partial charge is 0.460 e. The molecular formula is C55H35N3O2. The molecule has 0 saturated carbocycles. The Labute approximate surface area is 346 Å². The average Bonchev–Trinajstić information content (AvgIpc) is 3.90. The highest BCUT2D eigenvalue weighted by molar-refractivity contribution is 6.13. The van der Waals surface area contributed by atoms with Crippen molar-refractivity contribution in [3.63, 3.8) is 0 Å². The topological polar surface area (TPSA) is 65.0 Å². The lowest BCUT2D eigenvalue weighted by Gasteiger charge is -2.15. The van der Waals surface area contributed by atoms with Gasteiger partial charge in [-0.25, -0.2) is 15.0 Å². The smallest absolute Gasteiger partial charge is 0.164 e. The van der Waals surface area contributed by atoms with Gasteiger partial charge in [-0.2, -0.15) is 0 Å². The van der Waals surface area contributed by atoms with Crippen molar-refractivity contribution in [2.45, 2.75) is 12.8 Å². The highest BCUT2D eigenvalue weighted by Gasteiger charge is 2.25. The van der Waals surface area contributed by atoms with Crippen molar-refractivity contribution >= 4 is 49.3 Å². The van der Waals surface area contributed by atoms with Gasteiger partial charge in [0.25, 0.3) is 0 Å². The predicted octanol–water partition coefficient (Wildman–Crippen LogP) is 14.4. The SMILES string of the molecule is C1=C(c2nc(-c3ccc(-c4ccccc4)cc3)nc(-c3ccc4cc(-c5cccc6oc7cc(-c8ccccc8)ccc7c56)ccc4c3)n2)c2c(oc3ccccc23)CC1. The number of para-hydroxylation sites is 1. The van der Waals surface area contributed by atoms with Gasteiger partial charge in [-0.3, -0.25) is 0 Å². The fraction of sp³-hybridized carbons (Fsp3) is 0.0364. The van der Waals surface area contributed by atoms with Crippen molar-refractivity contribution in [2.75, 3.05) is 0 Å². The molecule has 0 unspecified atom stereocenters. The van der Waals surface area contributed by atoms with E-state index in [9.17, 15) is 0 Å². The molecule has 11 aromatic rings. The van der Waals surface area contributed by atoms with Crippen LogP contribution in [0.3, 0.4) is 0 Å². The zero-order chi connectivity index (χ0) is 39.6. The number of nitrogens with zero attached hydrogens (tertiary/aromatic N) is 3. The van der Waals surface area contributed by atoms with E-state index in [-0.39, 0.29) is 0 Å². The average molecular weight is 770 g/mol. The number of allylic oxidation sites excluding steroid dienone is 1. The summed E-state index contributed by atoms with van der Waals surface area (Å²) in [6.07, 6.45) is 3.94. The second-order valence-electron chi connectivity index (χ2n) is 15.4. The Balaban J connectivity index is 0.953. The number of aryl methyl sites for hydroxylation is 1. The highest BCUT2D eigenvalue weighted by atomic mass is 16.3. The van der Waals surface area contributed by atoms with Gasteiger partial charge >= 0.3 is 0 Å². The molecule has 0 amide bonds. The maximum atomic E-state index is 6.46. The van der Waals surface area contributed by atoms with E-state index in [1.807, 2.05) is 24.3 Å². The van der Waals surface area contributed by atoms with Crippen LogP contribution in [0.2, 0.25) is 0 Å². The summed E-state index contributed by atoms with van der Waals surface area (Å²) in [7, 11) is 0. The van der Waals surface area contributed by atoms with Gasteiger partial charge in [0.15, 0.2) is 17.5 Å².